The summed E-state index contributed by atoms with van der Waals surface area (Å²) in [5.74, 6) is 0. The van der Waals surface area contributed by atoms with Crippen LogP contribution < -0.4 is 5.73 Å². The molecule has 0 aliphatic heterocycles. The van der Waals surface area contributed by atoms with E-state index in [1.165, 1.54) is 0 Å². The predicted molar refractivity (Wildman–Crippen MR) is 42.7 cm³/mol. The van der Waals surface area contributed by atoms with E-state index in [0.717, 1.165) is 0 Å². The van der Waals surface area contributed by atoms with Gasteiger partial charge < -0.3 is 30.4 Å². The maximum absolute atomic E-state index is 10.7. The zero-order valence-electron chi connectivity index (χ0n) is 7.31. The molecule has 13 heavy (non-hydrogen) atoms. The Morgan fingerprint density at radius 2 is 1.54 bits per heavy atom. The third-order valence-corrected chi connectivity index (χ3v) is 4.89. The second-order valence-electron chi connectivity index (χ2n) is 2.22. The molecule has 8 nitrogen and oxygen atoms in total. The lowest BCUT2D eigenvalue weighted by molar-refractivity contribution is 0.125. The van der Waals surface area contributed by atoms with E-state index in [9.17, 15) is 9.13 Å². The molecule has 0 fully saturated rings. The Morgan fingerprint density at radius 1 is 1.23 bits per heavy atom. The zero-order chi connectivity index (χ0) is 11.8. The molecule has 0 aliphatic rings. The Bertz CT molecular complexity index is 273. The van der Waals surface area contributed by atoms with Crippen molar-refractivity contribution in [2.75, 3.05) is 6.54 Å². The molecule has 0 aliphatic carbocycles. The van der Waals surface area contributed by atoms with Crippen LogP contribution in [0.3, 0.4) is 0 Å². The molecule has 0 amide bonds. The van der Waals surface area contributed by atoms with Crippen molar-refractivity contribution in [1.29, 1.82) is 0 Å². The van der Waals surface area contributed by atoms with E-state index in [1.54, 1.807) is 0 Å². The van der Waals surface area contributed by atoms with Gasteiger partial charge in [0.15, 0.2) is 0 Å². The van der Waals surface area contributed by atoms with E-state index in [4.69, 9.17) is 31.8 Å². The van der Waals surface area contributed by atoms with Gasteiger partial charge in [0.25, 0.3) is 5.08 Å². The van der Waals surface area contributed by atoms with Gasteiger partial charge in [0, 0.05) is 7.77 Å². The first-order valence-electron chi connectivity index (χ1n) is 3.52. The van der Waals surface area contributed by atoms with Crippen LogP contribution in [-0.2, 0) is 9.13 Å². The normalized spacial score (nSPS) is 18.2. The maximum atomic E-state index is 10.7. The first kappa shape index (κ1) is 11.3. The molecule has 0 saturated carbocycles. The third kappa shape index (κ3) is 2.59. The van der Waals surface area contributed by atoms with Crippen molar-refractivity contribution in [2.24, 2.45) is 5.73 Å². The summed E-state index contributed by atoms with van der Waals surface area (Å²) in [4.78, 5) is 34.3. The first-order valence-corrected chi connectivity index (χ1v) is 6.17. The van der Waals surface area contributed by atoms with E-state index in [0.29, 0.717) is 0 Å². The van der Waals surface area contributed by atoms with E-state index in [-0.39, 0.29) is 0 Å². The lowest BCUT2D eigenvalue weighted by Gasteiger charge is -2.28. The lowest BCUT2D eigenvalue weighted by Crippen LogP contribution is -2.31. The second kappa shape index (κ2) is 3.76. The summed E-state index contributed by atoms with van der Waals surface area (Å²) in [6.45, 7) is -0.799. The molecule has 0 aromatic rings. The molecule has 0 spiro atoms. The Labute approximate surface area is 75.1 Å². The third-order valence-electron chi connectivity index (χ3n) is 1.25. The van der Waals surface area contributed by atoms with Crippen molar-refractivity contribution in [2.45, 2.75) is 11.5 Å². The molecule has 0 radical (unpaired) electrons. The quantitative estimate of drug-likeness (QED) is 0.316. The lowest BCUT2D eigenvalue weighted by atomic mass is 10.5. The van der Waals surface area contributed by atoms with Crippen LogP contribution in [0.2, 0.25) is 0 Å². The minimum absolute atomic E-state index is 0.799. The Balaban J connectivity index is 5.53. The van der Waals surface area contributed by atoms with Gasteiger partial charge in [-0.3, -0.25) is 9.13 Å². The largest absolute Gasteiger partial charge is 0.369 e. The molecular weight excluding hydrogens is 224 g/mol. The molecule has 0 aromatic heterocycles. The Hall–Kier alpha value is 0.220. The summed E-state index contributed by atoms with van der Waals surface area (Å²) in [7, 11) is -11.1. The maximum Gasteiger partial charge on any atom is 0.369 e. The van der Waals surface area contributed by atoms with Crippen LogP contribution in [0.25, 0.3) is 0 Å². The van der Waals surface area contributed by atoms with Crippen molar-refractivity contribution in [3.8, 4) is 0 Å². The fourth-order valence-electron chi connectivity index (χ4n) is 0.566. The Kier molecular flexibility index (Phi) is 3.27. The molecule has 0 saturated heterocycles. The van der Waals surface area contributed by atoms with Gasteiger partial charge in [0.05, 0.1) is 0 Å². The van der Waals surface area contributed by atoms with Crippen LogP contribution in [0.15, 0.2) is 0 Å². The topological polar surface area (TPSA) is 161 Å². The van der Waals surface area contributed by atoms with Crippen LogP contribution in [0.5, 0.6) is 0 Å². The molecule has 10 heteroatoms. The molecule has 0 rings (SSSR count). The van der Waals surface area contributed by atoms with Crippen LogP contribution >= 0.6 is 15.2 Å². The summed E-state index contributed by atoms with van der Waals surface area (Å²) >= 11 is 0. The van der Waals surface area contributed by atoms with Crippen molar-refractivity contribution in [3.05, 3.63) is 0 Å². The fraction of sp³-hybridized carbons (Fsp3) is 1.00. The zero-order valence-corrected chi connectivity index (χ0v) is 8.10. The van der Waals surface area contributed by atoms with Gasteiger partial charge in [-0.15, -0.1) is 0 Å². The summed E-state index contributed by atoms with van der Waals surface area (Å²) in [5, 5.41) is 5.42. The molecule has 0 aromatic carbocycles. The highest BCUT2D eigenvalue weighted by molar-refractivity contribution is 7.72. The highest BCUT2D eigenvalue weighted by Crippen LogP contribution is 2.68. The SMILES string of the molecule is [3H]C(CN)C(O)(P(=O)(O)O)P(=O)(O)O. The smallest absolute Gasteiger partial charge is 0.367 e. The molecule has 0 bridgehead atoms. The van der Waals surface area contributed by atoms with Crippen molar-refractivity contribution in [3.63, 3.8) is 0 Å². The van der Waals surface area contributed by atoms with E-state index < -0.39 is 33.2 Å². The Morgan fingerprint density at radius 3 is 1.62 bits per heavy atom. The minimum atomic E-state index is -5.56. The summed E-state index contributed by atoms with van der Waals surface area (Å²) < 4.78 is 28.3. The number of rotatable bonds is 4. The summed E-state index contributed by atoms with van der Waals surface area (Å²) in [5.41, 5.74) is 4.82. The monoisotopic (exact) mass is 237 g/mol. The summed E-state index contributed by atoms with van der Waals surface area (Å²) in [6, 6.07) is 0. The van der Waals surface area contributed by atoms with Gasteiger partial charge in [-0.2, -0.15) is 0 Å². The van der Waals surface area contributed by atoms with Crippen LogP contribution in [0, 0.1) is 0 Å². The van der Waals surface area contributed by atoms with Gasteiger partial charge >= 0.3 is 15.2 Å². The minimum Gasteiger partial charge on any atom is -0.367 e. The first-order chi connectivity index (χ1) is 5.98. The predicted octanol–water partition coefficient (Wildman–Crippen LogP) is -1.66. The average molecular weight is 237 g/mol. The van der Waals surface area contributed by atoms with E-state index in [2.05, 4.69) is 0 Å². The van der Waals surface area contributed by atoms with Crippen molar-refractivity contribution < 1.29 is 35.2 Å². The molecular formula is C3H11NO7P2. The number of hydrogen-bond donors (Lipinski definition) is 6. The van der Waals surface area contributed by atoms with Crippen LogP contribution in [0.1, 0.15) is 7.77 Å². The highest BCUT2D eigenvalue weighted by atomic mass is 31.2. The van der Waals surface area contributed by atoms with E-state index >= 15 is 0 Å². The van der Waals surface area contributed by atoms with Gasteiger partial charge in [0.1, 0.15) is 0 Å². The molecule has 7 N–H and O–H groups in total. The van der Waals surface area contributed by atoms with Crippen LogP contribution in [0.4, 0.5) is 0 Å². The molecule has 1 atom stereocenters. The average Bonchev–Trinajstić information content (AvgIpc) is 1.97. The summed E-state index contributed by atoms with van der Waals surface area (Å²) in [6.07, 6.45) is -2.18. The molecule has 80 valence electrons. The number of hydrogen-bond acceptors (Lipinski definition) is 4. The molecule has 1 unspecified atom stereocenters. The van der Waals surface area contributed by atoms with Gasteiger partial charge in [0.2, 0.25) is 0 Å². The van der Waals surface area contributed by atoms with Crippen molar-refractivity contribution in [1.82, 2.24) is 0 Å². The molecule has 0 heterocycles. The van der Waals surface area contributed by atoms with Crippen molar-refractivity contribution >= 4 is 15.2 Å². The van der Waals surface area contributed by atoms with Gasteiger partial charge in [-0.25, -0.2) is 0 Å². The highest BCUT2D eigenvalue weighted by Gasteiger charge is 2.58. The second-order valence-corrected chi connectivity index (χ2v) is 6.11. The van der Waals surface area contributed by atoms with Gasteiger partial charge in [-0.1, -0.05) is 0 Å². The number of nitrogens with two attached hydrogens (primary N) is 1. The van der Waals surface area contributed by atoms with E-state index in [1.807, 2.05) is 0 Å². The van der Waals surface area contributed by atoms with Gasteiger partial charge in [-0.05, 0) is 6.54 Å². The van der Waals surface area contributed by atoms with Crippen LogP contribution in [-0.4, -0.2) is 36.3 Å². The standard InChI is InChI=1S/C3H11NO7P2/c4-2-1-3(5,12(6,7)8)13(9,10)11/h5H,1-2,4H2,(H2,6,7,8)(H2,9,10,11)/i1T. The number of aliphatic hydroxyl groups is 1. The fourth-order valence-corrected chi connectivity index (χ4v) is 2.61.